The molecule has 0 bridgehead atoms. The molecule has 0 radical (unpaired) electrons. The quantitative estimate of drug-likeness (QED) is 0.717. The summed E-state index contributed by atoms with van der Waals surface area (Å²) in [5.74, 6) is 0. The molecule has 2 amide bonds. The standard InChI is InChI=1S/C8H11F3N4O/c1-14(2)7(16)13-15(5-3-4-12-15)6-8(9,10)11/h3-5H,6H2,1-2H3/p+1. The second-order valence-electron chi connectivity index (χ2n) is 3.52. The molecule has 1 atom stereocenters. The third-order valence-electron chi connectivity index (χ3n) is 1.81. The molecule has 0 spiro atoms. The van der Waals surface area contributed by atoms with Gasteiger partial charge in [0.25, 0.3) is 0 Å². The van der Waals surface area contributed by atoms with Crippen LogP contribution in [0.4, 0.5) is 18.0 Å². The molecule has 1 aliphatic heterocycles. The Morgan fingerprint density at radius 3 is 2.50 bits per heavy atom. The molecular formula is C8H12F3N4O+. The monoisotopic (exact) mass is 237 g/mol. The average molecular weight is 237 g/mol. The minimum Gasteiger partial charge on any atom is -0.327 e. The third kappa shape index (κ3) is 3.23. The molecule has 5 nitrogen and oxygen atoms in total. The van der Waals surface area contributed by atoms with E-state index < -0.39 is 23.5 Å². The van der Waals surface area contributed by atoms with Gasteiger partial charge in [-0.15, -0.1) is 0 Å². The zero-order valence-corrected chi connectivity index (χ0v) is 8.82. The number of quaternary nitrogens is 1. The predicted molar refractivity (Wildman–Crippen MR) is 51.0 cm³/mol. The van der Waals surface area contributed by atoms with Crippen LogP contribution in [0.25, 0.3) is 0 Å². The van der Waals surface area contributed by atoms with Gasteiger partial charge in [0.1, 0.15) is 0 Å². The Labute approximate surface area is 90.4 Å². The van der Waals surface area contributed by atoms with Gasteiger partial charge in [-0.05, 0) is 0 Å². The zero-order chi connectivity index (χ0) is 12.4. The number of hydrogen-bond acceptors (Lipinski definition) is 2. The molecule has 1 heterocycles. The molecule has 0 saturated carbocycles. The van der Waals surface area contributed by atoms with E-state index in [1.807, 2.05) is 0 Å². The lowest BCUT2D eigenvalue weighted by Crippen LogP contribution is -2.57. The molecule has 0 aliphatic carbocycles. The Kier molecular flexibility index (Phi) is 3.22. The first-order valence-electron chi connectivity index (χ1n) is 4.42. The van der Waals surface area contributed by atoms with Crippen LogP contribution in [0.2, 0.25) is 0 Å². The van der Waals surface area contributed by atoms with Crippen molar-refractivity contribution in [3.05, 3.63) is 12.3 Å². The van der Waals surface area contributed by atoms with E-state index in [0.717, 1.165) is 11.1 Å². The van der Waals surface area contributed by atoms with Crippen molar-refractivity contribution in [2.45, 2.75) is 6.18 Å². The number of urea groups is 1. The minimum absolute atomic E-state index is 0.645. The summed E-state index contributed by atoms with van der Waals surface area (Å²) in [4.78, 5) is 12.5. The summed E-state index contributed by atoms with van der Waals surface area (Å²) in [6.45, 7) is -1.28. The average Bonchev–Trinajstić information content (AvgIpc) is 2.49. The fourth-order valence-corrected chi connectivity index (χ4v) is 1.11. The number of halogens is 3. The molecule has 90 valence electrons. The Hall–Kier alpha value is -1.57. The number of nitrogens with zero attached hydrogens (tertiary/aromatic N) is 3. The first kappa shape index (κ1) is 12.5. The number of carbonyl (C=O) groups is 1. The van der Waals surface area contributed by atoms with E-state index in [-0.39, 0.29) is 0 Å². The van der Waals surface area contributed by atoms with Crippen LogP contribution < -0.4 is 5.43 Å². The maximum absolute atomic E-state index is 12.3. The third-order valence-corrected chi connectivity index (χ3v) is 1.81. The number of amides is 2. The van der Waals surface area contributed by atoms with E-state index in [1.54, 1.807) is 0 Å². The van der Waals surface area contributed by atoms with Crippen LogP contribution in [0.3, 0.4) is 0 Å². The van der Waals surface area contributed by atoms with Crippen LogP contribution in [0.15, 0.2) is 17.4 Å². The highest BCUT2D eigenvalue weighted by molar-refractivity contribution is 5.74. The lowest BCUT2D eigenvalue weighted by molar-refractivity contribution is -0.927. The molecular weight excluding hydrogens is 225 g/mol. The molecule has 0 aromatic rings. The number of alkyl halides is 3. The molecule has 0 fully saturated rings. The summed E-state index contributed by atoms with van der Waals surface area (Å²) in [7, 11) is 2.87. The van der Waals surface area contributed by atoms with Crippen LogP contribution in [0.5, 0.6) is 0 Å². The van der Waals surface area contributed by atoms with Crippen molar-refractivity contribution < 1.29 is 22.7 Å². The summed E-state index contributed by atoms with van der Waals surface area (Å²) >= 11 is 0. The summed E-state index contributed by atoms with van der Waals surface area (Å²) in [5, 5.41) is 3.60. The second kappa shape index (κ2) is 4.12. The van der Waals surface area contributed by atoms with E-state index in [4.69, 9.17) is 0 Å². The van der Waals surface area contributed by atoms with Crippen molar-refractivity contribution in [1.82, 2.24) is 10.3 Å². The molecule has 1 aliphatic rings. The largest absolute Gasteiger partial charge is 0.443 e. The Morgan fingerprint density at radius 1 is 1.50 bits per heavy atom. The van der Waals surface area contributed by atoms with Crippen molar-refractivity contribution in [2.24, 2.45) is 5.10 Å². The Bertz CT molecular complexity index is 323. The van der Waals surface area contributed by atoms with Crippen LogP contribution in [0.1, 0.15) is 0 Å². The van der Waals surface area contributed by atoms with Gasteiger partial charge in [0.05, 0.1) is 6.21 Å². The van der Waals surface area contributed by atoms with Gasteiger partial charge in [0, 0.05) is 20.2 Å². The van der Waals surface area contributed by atoms with Gasteiger partial charge in [-0.25, -0.2) is 4.79 Å². The lowest BCUT2D eigenvalue weighted by Gasteiger charge is -2.27. The molecule has 0 aromatic carbocycles. The van der Waals surface area contributed by atoms with Gasteiger partial charge in [-0.2, -0.15) is 18.6 Å². The maximum atomic E-state index is 12.3. The Morgan fingerprint density at radius 2 is 2.12 bits per heavy atom. The van der Waals surface area contributed by atoms with Crippen molar-refractivity contribution in [3.8, 4) is 0 Å². The topological polar surface area (TPSA) is 44.7 Å². The fourth-order valence-electron chi connectivity index (χ4n) is 1.11. The molecule has 1 unspecified atom stereocenters. The van der Waals surface area contributed by atoms with Gasteiger partial charge < -0.3 is 4.90 Å². The first-order chi connectivity index (χ1) is 7.24. The summed E-state index contributed by atoms with van der Waals surface area (Å²) in [6, 6.07) is -0.645. The predicted octanol–water partition coefficient (Wildman–Crippen LogP) is 1.06. The number of rotatable bonds is 2. The fraction of sp³-hybridized carbons (Fsp3) is 0.500. The summed E-state index contributed by atoms with van der Waals surface area (Å²) in [5.41, 5.74) is 2.17. The first-order valence-corrected chi connectivity index (χ1v) is 4.42. The molecule has 0 aromatic heterocycles. The zero-order valence-electron chi connectivity index (χ0n) is 8.82. The van der Waals surface area contributed by atoms with Gasteiger partial charge in [-0.1, -0.05) is 9.80 Å². The molecule has 0 saturated heterocycles. The van der Waals surface area contributed by atoms with Crippen molar-refractivity contribution in [1.29, 1.82) is 0 Å². The highest BCUT2D eigenvalue weighted by Crippen LogP contribution is 2.23. The lowest BCUT2D eigenvalue weighted by atomic mass is 10.5. The normalized spacial score (nSPS) is 23.6. The van der Waals surface area contributed by atoms with Crippen LogP contribution in [-0.2, 0) is 0 Å². The van der Waals surface area contributed by atoms with Gasteiger partial charge in [0.2, 0.25) is 6.54 Å². The Balaban J connectivity index is 2.79. The minimum atomic E-state index is -4.42. The number of hydrogen-bond donors (Lipinski definition) is 1. The van der Waals surface area contributed by atoms with E-state index >= 15 is 0 Å². The van der Waals surface area contributed by atoms with E-state index in [9.17, 15) is 18.0 Å². The van der Waals surface area contributed by atoms with Gasteiger partial charge >= 0.3 is 12.2 Å². The summed E-state index contributed by atoms with van der Waals surface area (Å²) < 4.78 is 36.0. The van der Waals surface area contributed by atoms with E-state index in [1.165, 1.54) is 26.4 Å². The van der Waals surface area contributed by atoms with E-state index in [0.29, 0.717) is 0 Å². The van der Waals surface area contributed by atoms with Crippen molar-refractivity contribution in [2.75, 3.05) is 20.6 Å². The van der Waals surface area contributed by atoms with E-state index in [2.05, 4.69) is 10.5 Å². The van der Waals surface area contributed by atoms with Crippen LogP contribution in [-0.4, -0.2) is 48.7 Å². The summed E-state index contributed by atoms with van der Waals surface area (Å²) in [6.07, 6.45) is -0.705. The molecule has 1 rings (SSSR count). The maximum Gasteiger partial charge on any atom is 0.443 e. The van der Waals surface area contributed by atoms with Crippen LogP contribution in [0, 0.1) is 0 Å². The van der Waals surface area contributed by atoms with Crippen molar-refractivity contribution >= 4 is 12.2 Å². The van der Waals surface area contributed by atoms with Gasteiger partial charge in [-0.3, -0.25) is 0 Å². The van der Waals surface area contributed by atoms with Gasteiger partial charge in [0.15, 0.2) is 6.20 Å². The van der Waals surface area contributed by atoms with Crippen LogP contribution >= 0.6 is 0 Å². The number of nitrogens with one attached hydrogen (secondary N) is 1. The smallest absolute Gasteiger partial charge is 0.327 e. The van der Waals surface area contributed by atoms with Crippen molar-refractivity contribution in [3.63, 3.8) is 0 Å². The molecule has 8 heteroatoms. The molecule has 1 N–H and O–H groups in total. The molecule has 16 heavy (non-hydrogen) atoms. The SMILES string of the molecule is CN(C)C(=O)N[N+]1(CC(F)(F)F)C=CC=N1. The number of allylic oxidation sites excluding steroid dienone is 1. The highest BCUT2D eigenvalue weighted by Gasteiger charge is 2.45. The second-order valence-corrected chi connectivity index (χ2v) is 3.52. The number of carbonyl (C=O) groups excluding carboxylic acids is 1. The highest BCUT2D eigenvalue weighted by atomic mass is 19.4.